The third kappa shape index (κ3) is 1.64. The van der Waals surface area contributed by atoms with Crippen LogP contribution in [-0.4, -0.2) is 14.5 Å². The largest absolute Gasteiger partial charge is 0.390 e. The fraction of sp³-hybridized carbons (Fsp3) is 0.182. The maximum Gasteiger partial charge on any atom is 0.173 e. The van der Waals surface area contributed by atoms with Gasteiger partial charge < -0.3 is 9.51 Å². The van der Waals surface area contributed by atoms with Gasteiger partial charge in [-0.05, 0) is 24.1 Å². The Kier molecular flexibility index (Phi) is 2.28. The number of halogens is 1. The molecule has 15 heavy (non-hydrogen) atoms. The molecule has 0 amide bonds. The van der Waals surface area contributed by atoms with E-state index in [2.05, 4.69) is 11.6 Å². The summed E-state index contributed by atoms with van der Waals surface area (Å²) in [5.41, 5.74) is 2.19. The van der Waals surface area contributed by atoms with Crippen LogP contribution in [0.15, 0.2) is 25.0 Å². The molecule has 0 bridgehead atoms. The average molecular weight is 206 g/mol. The zero-order chi connectivity index (χ0) is 11.0. The van der Waals surface area contributed by atoms with Crippen LogP contribution < -0.4 is 0 Å². The van der Waals surface area contributed by atoms with E-state index in [1.165, 1.54) is 6.07 Å². The molecule has 3 nitrogen and oxygen atoms in total. The van der Waals surface area contributed by atoms with Crippen LogP contribution in [0.4, 0.5) is 4.39 Å². The van der Waals surface area contributed by atoms with E-state index in [0.29, 0.717) is 5.69 Å². The summed E-state index contributed by atoms with van der Waals surface area (Å²) in [6.45, 7) is 5.37. The van der Waals surface area contributed by atoms with Crippen molar-refractivity contribution in [3.05, 3.63) is 42.1 Å². The van der Waals surface area contributed by atoms with Gasteiger partial charge in [0, 0.05) is 12.4 Å². The highest BCUT2D eigenvalue weighted by atomic mass is 19.1. The molecular formula is C11H11FN2O. The molecule has 0 unspecified atom stereocenters. The molecule has 2 aromatic heterocycles. The van der Waals surface area contributed by atoms with Gasteiger partial charge >= 0.3 is 0 Å². The highest BCUT2D eigenvalue weighted by molar-refractivity contribution is 5.62. The van der Waals surface area contributed by atoms with Crippen molar-refractivity contribution in [2.45, 2.75) is 13.5 Å². The van der Waals surface area contributed by atoms with Crippen molar-refractivity contribution in [2.24, 2.45) is 0 Å². The molecule has 0 saturated carbocycles. The minimum Gasteiger partial charge on any atom is -0.390 e. The second-order valence-electron chi connectivity index (χ2n) is 3.48. The number of nitrogens with zero attached hydrogens (tertiary/aromatic N) is 2. The molecule has 1 N–H and O–H groups in total. The maximum absolute atomic E-state index is 13.6. The Labute approximate surface area is 86.5 Å². The van der Waals surface area contributed by atoms with Crippen LogP contribution >= 0.6 is 0 Å². The maximum atomic E-state index is 13.6. The molecule has 0 atom stereocenters. The fourth-order valence-electron chi connectivity index (χ4n) is 1.42. The lowest BCUT2D eigenvalue weighted by atomic mass is 10.1. The van der Waals surface area contributed by atoms with Gasteiger partial charge in [-0.15, -0.1) is 0 Å². The van der Waals surface area contributed by atoms with Crippen molar-refractivity contribution in [1.29, 1.82) is 0 Å². The van der Waals surface area contributed by atoms with Crippen LogP contribution in [0.2, 0.25) is 0 Å². The van der Waals surface area contributed by atoms with E-state index in [1.807, 2.05) is 6.92 Å². The Hall–Kier alpha value is -1.68. The lowest BCUT2D eigenvalue weighted by Gasteiger charge is -2.01. The van der Waals surface area contributed by atoms with E-state index in [1.54, 1.807) is 16.8 Å². The minimum absolute atomic E-state index is 0.191. The molecule has 2 heterocycles. The first-order valence-electron chi connectivity index (χ1n) is 4.55. The second kappa shape index (κ2) is 3.47. The number of fused-ring (bicyclic) bond motifs is 1. The van der Waals surface area contributed by atoms with Gasteiger partial charge in [0.15, 0.2) is 11.5 Å². The third-order valence-electron chi connectivity index (χ3n) is 2.21. The summed E-state index contributed by atoms with van der Waals surface area (Å²) in [5, 5.41) is 8.89. The highest BCUT2D eigenvalue weighted by Crippen LogP contribution is 2.17. The summed E-state index contributed by atoms with van der Waals surface area (Å²) in [5.74, 6) is -0.407. The predicted octanol–water partition coefficient (Wildman–Crippen LogP) is 2.00. The fourth-order valence-corrected chi connectivity index (χ4v) is 1.42. The Morgan fingerprint density at radius 2 is 2.33 bits per heavy atom. The summed E-state index contributed by atoms with van der Waals surface area (Å²) in [7, 11) is 0. The molecule has 0 aliphatic heterocycles. The number of hydrogen-bond acceptors (Lipinski definition) is 2. The van der Waals surface area contributed by atoms with Crippen molar-refractivity contribution in [1.82, 2.24) is 9.38 Å². The first-order chi connectivity index (χ1) is 7.11. The van der Waals surface area contributed by atoms with Crippen LogP contribution in [0.1, 0.15) is 18.2 Å². The first-order valence-corrected chi connectivity index (χ1v) is 4.55. The number of aliphatic hydroxyl groups is 1. The zero-order valence-corrected chi connectivity index (χ0v) is 8.37. The number of rotatable bonds is 2. The van der Waals surface area contributed by atoms with Gasteiger partial charge in [-0.1, -0.05) is 6.58 Å². The van der Waals surface area contributed by atoms with E-state index < -0.39 is 5.82 Å². The summed E-state index contributed by atoms with van der Waals surface area (Å²) in [6, 6.07) is 1.39. The summed E-state index contributed by atoms with van der Waals surface area (Å²) >= 11 is 0. The topological polar surface area (TPSA) is 37.5 Å². The van der Waals surface area contributed by atoms with Crippen LogP contribution in [0.5, 0.6) is 0 Å². The van der Waals surface area contributed by atoms with Crippen molar-refractivity contribution in [3.8, 4) is 0 Å². The normalized spacial score (nSPS) is 10.9. The van der Waals surface area contributed by atoms with Gasteiger partial charge in [-0.3, -0.25) is 0 Å². The Morgan fingerprint density at radius 1 is 1.60 bits per heavy atom. The third-order valence-corrected chi connectivity index (χ3v) is 2.21. The lowest BCUT2D eigenvalue weighted by Crippen LogP contribution is -1.91. The summed E-state index contributed by atoms with van der Waals surface area (Å²) < 4.78 is 15.1. The van der Waals surface area contributed by atoms with Gasteiger partial charge in [-0.2, -0.15) is 0 Å². The van der Waals surface area contributed by atoms with E-state index in [0.717, 1.165) is 11.1 Å². The number of pyridine rings is 1. The van der Waals surface area contributed by atoms with Gasteiger partial charge in [-0.25, -0.2) is 9.37 Å². The zero-order valence-electron chi connectivity index (χ0n) is 8.37. The molecule has 2 rings (SSSR count). The number of imidazole rings is 1. The number of allylic oxidation sites excluding steroid dienone is 1. The predicted molar refractivity (Wildman–Crippen MR) is 55.8 cm³/mol. The molecule has 0 saturated heterocycles. The number of aromatic nitrogens is 2. The van der Waals surface area contributed by atoms with Crippen molar-refractivity contribution in [2.75, 3.05) is 0 Å². The monoisotopic (exact) mass is 206 g/mol. The first kappa shape index (κ1) is 9.86. The van der Waals surface area contributed by atoms with Gasteiger partial charge in [0.1, 0.15) is 0 Å². The van der Waals surface area contributed by atoms with Gasteiger partial charge in [0.05, 0.1) is 12.3 Å². The van der Waals surface area contributed by atoms with Crippen molar-refractivity contribution >= 4 is 11.2 Å². The molecule has 0 fully saturated rings. The molecule has 0 radical (unpaired) electrons. The van der Waals surface area contributed by atoms with Crippen molar-refractivity contribution < 1.29 is 9.50 Å². The minimum atomic E-state index is -0.407. The van der Waals surface area contributed by atoms with Crippen LogP contribution in [0.3, 0.4) is 0 Å². The standard InChI is InChI=1S/C11H11FN2O/c1-7(2)8-3-10(12)11-13-9(6-15)5-14(11)4-8/h3-5,15H,1,6H2,2H3. The molecular weight excluding hydrogens is 195 g/mol. The van der Waals surface area contributed by atoms with E-state index in [-0.39, 0.29) is 12.3 Å². The van der Waals surface area contributed by atoms with Crippen molar-refractivity contribution in [3.63, 3.8) is 0 Å². The molecule has 0 aromatic carbocycles. The Balaban J connectivity index is 2.70. The van der Waals surface area contributed by atoms with Gasteiger partial charge in [0.25, 0.3) is 0 Å². The average Bonchev–Trinajstić information content (AvgIpc) is 2.61. The van der Waals surface area contributed by atoms with E-state index in [4.69, 9.17) is 5.11 Å². The number of hydrogen-bond donors (Lipinski definition) is 1. The molecule has 2 aromatic rings. The highest BCUT2D eigenvalue weighted by Gasteiger charge is 2.08. The van der Waals surface area contributed by atoms with E-state index >= 15 is 0 Å². The second-order valence-corrected chi connectivity index (χ2v) is 3.48. The quantitative estimate of drug-likeness (QED) is 0.816. The molecule has 0 aliphatic rings. The van der Waals surface area contributed by atoms with Crippen LogP contribution in [0.25, 0.3) is 11.2 Å². The molecule has 0 aliphatic carbocycles. The molecule has 0 spiro atoms. The lowest BCUT2D eigenvalue weighted by molar-refractivity contribution is 0.277. The Morgan fingerprint density at radius 3 is 2.93 bits per heavy atom. The van der Waals surface area contributed by atoms with Gasteiger partial charge in [0.2, 0.25) is 0 Å². The molecule has 78 valence electrons. The summed E-state index contributed by atoms with van der Waals surface area (Å²) in [6.07, 6.45) is 3.34. The van der Waals surface area contributed by atoms with Crippen LogP contribution in [-0.2, 0) is 6.61 Å². The SMILES string of the molecule is C=C(C)c1cc(F)c2nc(CO)cn2c1. The number of aliphatic hydroxyl groups excluding tert-OH is 1. The Bertz CT molecular complexity index is 531. The molecule has 4 heteroatoms. The van der Waals surface area contributed by atoms with E-state index in [9.17, 15) is 4.39 Å². The van der Waals surface area contributed by atoms with Crippen LogP contribution in [0, 0.1) is 5.82 Å². The summed E-state index contributed by atoms with van der Waals surface area (Å²) in [4.78, 5) is 3.94. The smallest absolute Gasteiger partial charge is 0.173 e.